The normalized spacial score (nSPS) is 11.7. The third-order valence-electron chi connectivity index (χ3n) is 4.55. The molecule has 0 aliphatic heterocycles. The molecule has 156 valence electrons. The van der Waals surface area contributed by atoms with Crippen LogP contribution >= 0.6 is 0 Å². The summed E-state index contributed by atoms with van der Waals surface area (Å²) >= 11 is 0. The number of rotatable bonds is 5. The number of amides is 1. The highest BCUT2D eigenvalue weighted by Gasteiger charge is 2.26. The van der Waals surface area contributed by atoms with Crippen molar-refractivity contribution in [2.24, 2.45) is 0 Å². The van der Waals surface area contributed by atoms with Gasteiger partial charge in [0.05, 0.1) is 36.5 Å². The van der Waals surface area contributed by atoms with Gasteiger partial charge in [0.15, 0.2) is 5.65 Å². The second kappa shape index (κ2) is 8.51. The number of hydrogen-bond acceptors (Lipinski definition) is 7. The lowest BCUT2D eigenvalue weighted by Gasteiger charge is -2.14. The molecule has 3 aromatic rings. The smallest absolute Gasteiger partial charge is 0.343 e. The van der Waals surface area contributed by atoms with Gasteiger partial charge in [0, 0.05) is 36.5 Å². The van der Waals surface area contributed by atoms with Crippen molar-refractivity contribution in [3.63, 3.8) is 0 Å². The zero-order valence-electron chi connectivity index (χ0n) is 17.3. The van der Waals surface area contributed by atoms with E-state index in [0.717, 1.165) is 20.6 Å². The van der Waals surface area contributed by atoms with E-state index in [4.69, 9.17) is 15.9 Å². The number of imidazole rings is 1. The summed E-state index contributed by atoms with van der Waals surface area (Å²) in [6.07, 6.45) is 7.03. The molecule has 0 aliphatic rings. The van der Waals surface area contributed by atoms with Crippen LogP contribution in [0, 0.1) is 26.3 Å². The topological polar surface area (TPSA) is 99.4 Å². The van der Waals surface area contributed by atoms with Crippen LogP contribution in [0.15, 0.2) is 23.5 Å². The fourth-order valence-corrected chi connectivity index (χ4v) is 4.21. The third kappa shape index (κ3) is 3.71. The summed E-state index contributed by atoms with van der Waals surface area (Å²) < 4.78 is 25.0. The zero-order chi connectivity index (χ0) is 22.0. The minimum atomic E-state index is -1.72. The van der Waals surface area contributed by atoms with Gasteiger partial charge in [-0.25, -0.2) is 14.3 Å². The maximum Gasteiger partial charge on any atom is 0.343 e. The van der Waals surface area contributed by atoms with Crippen LogP contribution in [0.4, 0.5) is 4.79 Å². The van der Waals surface area contributed by atoms with Crippen molar-refractivity contribution in [3.8, 4) is 24.1 Å². The standard InChI is InChI=1S/C20H21N5O4S/c1-7-24(4)20(26)25-18-14(8-9-16(23-18)28-5)22-19(25)30(27)11-15-13(3)17(29-6)12(2)10-21-15/h1,8-10H,11H2,2-6H3. The summed E-state index contributed by atoms with van der Waals surface area (Å²) in [6.45, 7) is 3.73. The van der Waals surface area contributed by atoms with Crippen LogP contribution in [-0.2, 0) is 16.6 Å². The van der Waals surface area contributed by atoms with Crippen molar-refractivity contribution < 1.29 is 18.5 Å². The average Bonchev–Trinajstić information content (AvgIpc) is 3.13. The molecule has 0 saturated heterocycles. The van der Waals surface area contributed by atoms with E-state index in [-0.39, 0.29) is 22.4 Å². The number of aromatic nitrogens is 4. The highest BCUT2D eigenvalue weighted by Crippen LogP contribution is 2.27. The van der Waals surface area contributed by atoms with E-state index in [0.29, 0.717) is 17.0 Å². The molecular formula is C20H21N5O4S. The average molecular weight is 427 g/mol. The molecule has 3 heterocycles. The number of carbonyl (C=O) groups excluding carboxylic acids is 1. The van der Waals surface area contributed by atoms with Gasteiger partial charge >= 0.3 is 6.03 Å². The lowest BCUT2D eigenvalue weighted by atomic mass is 10.1. The summed E-state index contributed by atoms with van der Waals surface area (Å²) in [5, 5.41) is 0.0265. The molecule has 0 bridgehead atoms. The van der Waals surface area contributed by atoms with Crippen molar-refractivity contribution in [1.29, 1.82) is 0 Å². The van der Waals surface area contributed by atoms with Gasteiger partial charge in [0.25, 0.3) is 0 Å². The number of hydrogen-bond donors (Lipinski definition) is 0. The summed E-state index contributed by atoms with van der Waals surface area (Å²) in [4.78, 5) is 27.0. The lowest BCUT2D eigenvalue weighted by molar-refractivity contribution is 0.224. The predicted molar refractivity (Wildman–Crippen MR) is 112 cm³/mol. The molecule has 3 rings (SSSR count). The van der Waals surface area contributed by atoms with Gasteiger partial charge in [-0.05, 0) is 19.9 Å². The molecule has 9 nitrogen and oxygen atoms in total. The monoisotopic (exact) mass is 427 g/mol. The Hall–Kier alpha value is -3.45. The number of aryl methyl sites for hydroxylation is 1. The lowest BCUT2D eigenvalue weighted by Crippen LogP contribution is -2.29. The molecule has 0 saturated carbocycles. The first-order valence-corrected chi connectivity index (χ1v) is 10.2. The van der Waals surface area contributed by atoms with Crippen molar-refractivity contribution in [1.82, 2.24) is 24.4 Å². The molecule has 3 aromatic heterocycles. The highest BCUT2D eigenvalue weighted by atomic mass is 32.2. The molecule has 1 amide bonds. The van der Waals surface area contributed by atoms with E-state index in [1.54, 1.807) is 25.4 Å². The number of carbonyl (C=O) groups is 1. The van der Waals surface area contributed by atoms with Crippen LogP contribution in [0.2, 0.25) is 0 Å². The molecule has 1 unspecified atom stereocenters. The molecule has 30 heavy (non-hydrogen) atoms. The third-order valence-corrected chi connectivity index (χ3v) is 5.77. The largest absolute Gasteiger partial charge is 0.496 e. The number of terminal acetylenes is 1. The molecule has 0 radical (unpaired) electrons. The number of pyridine rings is 2. The van der Waals surface area contributed by atoms with Crippen molar-refractivity contribution in [2.75, 3.05) is 21.3 Å². The van der Waals surface area contributed by atoms with Gasteiger partial charge in [-0.3, -0.25) is 14.1 Å². The van der Waals surface area contributed by atoms with Gasteiger partial charge in [-0.15, -0.1) is 0 Å². The molecule has 0 fully saturated rings. The molecule has 0 N–H and O–H groups in total. The Morgan fingerprint density at radius 3 is 2.63 bits per heavy atom. The minimum Gasteiger partial charge on any atom is -0.496 e. The highest BCUT2D eigenvalue weighted by molar-refractivity contribution is 7.84. The van der Waals surface area contributed by atoms with Crippen LogP contribution in [0.25, 0.3) is 11.2 Å². The van der Waals surface area contributed by atoms with Gasteiger partial charge < -0.3 is 9.47 Å². The van der Waals surface area contributed by atoms with Gasteiger partial charge in [0.1, 0.15) is 11.3 Å². The van der Waals surface area contributed by atoms with E-state index in [2.05, 4.69) is 21.0 Å². The number of fused-ring (bicyclic) bond motifs is 1. The van der Waals surface area contributed by atoms with Crippen LogP contribution in [0.1, 0.15) is 16.8 Å². The number of nitrogens with zero attached hydrogens (tertiary/aromatic N) is 5. The van der Waals surface area contributed by atoms with E-state index in [1.165, 1.54) is 14.2 Å². The summed E-state index contributed by atoms with van der Waals surface area (Å²) in [7, 11) is 2.74. The minimum absolute atomic E-state index is 0.0265. The Morgan fingerprint density at radius 2 is 2.00 bits per heavy atom. The molecule has 1 atom stereocenters. The Bertz CT molecular complexity index is 1200. The Balaban J connectivity index is 2.12. The Morgan fingerprint density at radius 1 is 1.27 bits per heavy atom. The number of ether oxygens (including phenoxy) is 2. The SMILES string of the molecule is C#CN(C)C(=O)n1c(S(=O)Cc2ncc(C)c(OC)c2C)nc2ccc(OC)nc21. The van der Waals surface area contributed by atoms with E-state index in [9.17, 15) is 9.00 Å². The molecule has 0 spiro atoms. The summed E-state index contributed by atoms with van der Waals surface area (Å²) in [5.74, 6) is 1.01. The maximum absolute atomic E-state index is 13.3. The molecular weight excluding hydrogens is 406 g/mol. The first-order chi connectivity index (χ1) is 14.3. The maximum atomic E-state index is 13.3. The number of methoxy groups -OCH3 is 2. The van der Waals surface area contributed by atoms with Crippen molar-refractivity contribution in [3.05, 3.63) is 35.2 Å². The predicted octanol–water partition coefficient (Wildman–Crippen LogP) is 2.26. The van der Waals surface area contributed by atoms with Crippen LogP contribution in [-0.4, -0.2) is 55.9 Å². The Labute approximate surface area is 176 Å². The Kier molecular flexibility index (Phi) is 6.03. The molecule has 10 heteroatoms. The van der Waals surface area contributed by atoms with Crippen LogP contribution in [0.3, 0.4) is 0 Å². The van der Waals surface area contributed by atoms with Crippen LogP contribution in [0.5, 0.6) is 11.6 Å². The van der Waals surface area contributed by atoms with Gasteiger partial charge in [-0.2, -0.15) is 4.98 Å². The van der Waals surface area contributed by atoms with E-state index >= 15 is 0 Å². The molecule has 0 aromatic carbocycles. The second-order valence-electron chi connectivity index (χ2n) is 6.43. The van der Waals surface area contributed by atoms with E-state index in [1.807, 2.05) is 13.8 Å². The fourth-order valence-electron chi connectivity index (χ4n) is 2.97. The quantitative estimate of drug-likeness (QED) is 0.455. The zero-order valence-corrected chi connectivity index (χ0v) is 18.1. The van der Waals surface area contributed by atoms with Crippen molar-refractivity contribution in [2.45, 2.75) is 24.8 Å². The fraction of sp³-hybridized carbons (Fsp3) is 0.300. The van der Waals surface area contributed by atoms with Gasteiger partial charge in [-0.1, -0.05) is 6.42 Å². The first kappa shape index (κ1) is 21.3. The van der Waals surface area contributed by atoms with Gasteiger partial charge in [0.2, 0.25) is 11.0 Å². The molecule has 0 aliphatic carbocycles. The first-order valence-electron chi connectivity index (χ1n) is 8.87. The summed E-state index contributed by atoms with van der Waals surface area (Å²) in [6, 6.07) is 4.89. The van der Waals surface area contributed by atoms with E-state index < -0.39 is 16.8 Å². The second-order valence-corrected chi connectivity index (χ2v) is 7.78. The van der Waals surface area contributed by atoms with Crippen molar-refractivity contribution >= 4 is 28.0 Å². The van der Waals surface area contributed by atoms with Crippen LogP contribution < -0.4 is 9.47 Å². The summed E-state index contributed by atoms with van der Waals surface area (Å²) in [5.41, 5.74) is 2.83.